The Bertz CT molecular complexity index is 841. The summed E-state index contributed by atoms with van der Waals surface area (Å²) in [6.07, 6.45) is 0. The average Bonchev–Trinajstić information content (AvgIpc) is 2.82. The zero-order valence-electron chi connectivity index (χ0n) is 11.2. The van der Waals surface area contributed by atoms with Gasteiger partial charge in [0.25, 0.3) is 0 Å². The van der Waals surface area contributed by atoms with Crippen molar-refractivity contribution in [1.82, 2.24) is 8.94 Å². The van der Waals surface area contributed by atoms with Gasteiger partial charge in [-0.05, 0) is 36.8 Å². The highest BCUT2D eigenvalue weighted by Crippen LogP contribution is 2.22. The van der Waals surface area contributed by atoms with Gasteiger partial charge < -0.3 is 5.32 Å². The fraction of sp³-hybridized carbons (Fsp3) is 0.0667. The Morgan fingerprint density at radius 1 is 1.19 bits per heavy atom. The van der Waals surface area contributed by atoms with Gasteiger partial charge in [0.05, 0.1) is 5.69 Å². The molecule has 3 aromatic rings. The maximum atomic E-state index is 12.1. The number of rotatable bonds is 3. The van der Waals surface area contributed by atoms with Crippen LogP contribution in [-0.2, 0) is 0 Å². The zero-order chi connectivity index (χ0) is 14.8. The molecule has 6 heteroatoms. The second kappa shape index (κ2) is 5.71. The van der Waals surface area contributed by atoms with E-state index in [1.807, 2.05) is 37.3 Å². The lowest BCUT2D eigenvalue weighted by atomic mass is 10.2. The topological polar surface area (TPSA) is 46.9 Å². The highest BCUT2D eigenvalue weighted by atomic mass is 35.5. The van der Waals surface area contributed by atoms with Crippen molar-refractivity contribution >= 4 is 34.8 Å². The van der Waals surface area contributed by atoms with Gasteiger partial charge in [-0.3, -0.25) is 4.79 Å². The predicted molar refractivity (Wildman–Crippen MR) is 87.2 cm³/mol. The summed E-state index contributed by atoms with van der Waals surface area (Å²) in [5, 5.41) is 3.78. The van der Waals surface area contributed by atoms with E-state index in [0.717, 1.165) is 22.8 Å². The number of halogens is 1. The molecule has 0 bridgehead atoms. The average molecular weight is 318 g/mol. The van der Waals surface area contributed by atoms with Gasteiger partial charge in [-0.1, -0.05) is 35.9 Å². The van der Waals surface area contributed by atoms with Crippen LogP contribution < -0.4 is 10.2 Å². The molecule has 2 aromatic carbocycles. The summed E-state index contributed by atoms with van der Waals surface area (Å²) in [5.74, 6) is 0.488. The Hall–Kier alpha value is -2.11. The number of hydrogen-bond donors (Lipinski definition) is 1. The number of benzene rings is 2. The normalized spacial score (nSPS) is 10.6. The number of aryl methyl sites for hydroxylation is 1. The van der Waals surface area contributed by atoms with Crippen molar-refractivity contribution in [1.29, 1.82) is 0 Å². The molecule has 1 N–H and O–H groups in total. The molecule has 1 aromatic heterocycles. The van der Waals surface area contributed by atoms with Crippen LogP contribution in [0.3, 0.4) is 0 Å². The smallest absolute Gasteiger partial charge is 0.324 e. The number of para-hydroxylation sites is 1. The first-order chi connectivity index (χ1) is 10.1. The molecule has 0 aliphatic heterocycles. The lowest BCUT2D eigenvalue weighted by Crippen LogP contribution is -2.13. The van der Waals surface area contributed by atoms with Crippen molar-refractivity contribution in [2.75, 3.05) is 5.32 Å². The first-order valence-electron chi connectivity index (χ1n) is 6.32. The summed E-state index contributed by atoms with van der Waals surface area (Å²) in [4.78, 5) is 11.9. The van der Waals surface area contributed by atoms with Crippen molar-refractivity contribution in [3.05, 3.63) is 68.8 Å². The van der Waals surface area contributed by atoms with E-state index in [1.165, 1.54) is 4.57 Å². The molecule has 3 rings (SSSR count). The number of nitrogens with one attached hydrogen (secondary N) is 1. The number of anilines is 2. The minimum absolute atomic E-state index is 0.159. The lowest BCUT2D eigenvalue weighted by molar-refractivity contribution is 1.02. The van der Waals surface area contributed by atoms with E-state index in [1.54, 1.807) is 18.2 Å². The van der Waals surface area contributed by atoms with Crippen LogP contribution in [0.25, 0.3) is 5.69 Å². The molecule has 1 heterocycles. The van der Waals surface area contributed by atoms with E-state index in [-0.39, 0.29) is 4.87 Å². The standard InChI is InChI=1S/C15H12ClN3OS/c1-10-5-2-3-8-13(10)17-14-18-21-15(20)19(14)12-7-4-6-11(16)9-12/h2-9H,1H3,(H,17,18). The molecule has 0 atom stereocenters. The van der Waals surface area contributed by atoms with Crippen LogP contribution in [0.4, 0.5) is 11.6 Å². The molecule has 0 spiro atoms. The summed E-state index contributed by atoms with van der Waals surface area (Å²) >= 11 is 6.91. The molecule has 0 fully saturated rings. The monoisotopic (exact) mass is 317 g/mol. The molecule has 0 saturated heterocycles. The molecule has 0 saturated carbocycles. The Balaban J connectivity index is 2.06. The fourth-order valence-corrected chi connectivity index (χ4v) is 2.76. The minimum atomic E-state index is -0.159. The number of aromatic nitrogens is 2. The summed E-state index contributed by atoms with van der Waals surface area (Å²) in [7, 11) is 0. The van der Waals surface area contributed by atoms with Gasteiger partial charge in [0, 0.05) is 22.2 Å². The molecular formula is C15H12ClN3OS. The van der Waals surface area contributed by atoms with Crippen LogP contribution in [-0.4, -0.2) is 8.94 Å². The zero-order valence-corrected chi connectivity index (χ0v) is 12.8. The van der Waals surface area contributed by atoms with Gasteiger partial charge in [0.15, 0.2) is 0 Å². The van der Waals surface area contributed by atoms with Gasteiger partial charge >= 0.3 is 4.87 Å². The van der Waals surface area contributed by atoms with Gasteiger partial charge in [-0.15, -0.1) is 0 Å². The number of nitrogens with zero attached hydrogens (tertiary/aromatic N) is 2. The highest BCUT2D eigenvalue weighted by Gasteiger charge is 2.12. The van der Waals surface area contributed by atoms with Gasteiger partial charge in [0.2, 0.25) is 5.95 Å². The first kappa shape index (κ1) is 13.9. The number of hydrogen-bond acceptors (Lipinski definition) is 4. The Morgan fingerprint density at radius 3 is 2.76 bits per heavy atom. The molecule has 0 amide bonds. The Kier molecular flexibility index (Phi) is 3.77. The van der Waals surface area contributed by atoms with Crippen molar-refractivity contribution in [3.8, 4) is 5.69 Å². The van der Waals surface area contributed by atoms with E-state index in [9.17, 15) is 4.79 Å². The largest absolute Gasteiger partial charge is 0.332 e. The quantitative estimate of drug-likeness (QED) is 0.794. The third-order valence-electron chi connectivity index (χ3n) is 3.06. The Morgan fingerprint density at radius 2 is 2.00 bits per heavy atom. The molecule has 21 heavy (non-hydrogen) atoms. The maximum Gasteiger partial charge on any atom is 0.332 e. The van der Waals surface area contributed by atoms with Crippen molar-refractivity contribution in [2.24, 2.45) is 0 Å². The van der Waals surface area contributed by atoms with Crippen LogP contribution in [0.15, 0.2) is 53.3 Å². The van der Waals surface area contributed by atoms with Crippen molar-refractivity contribution in [3.63, 3.8) is 0 Å². The predicted octanol–water partition coefficient (Wildman–Crippen LogP) is 4.00. The van der Waals surface area contributed by atoms with Crippen LogP contribution >= 0.6 is 23.1 Å². The maximum absolute atomic E-state index is 12.1. The van der Waals surface area contributed by atoms with E-state index in [2.05, 4.69) is 9.69 Å². The fourth-order valence-electron chi connectivity index (χ4n) is 2.01. The second-order valence-corrected chi connectivity index (χ2v) is 5.68. The lowest BCUT2D eigenvalue weighted by Gasteiger charge is -2.10. The Labute approximate surface area is 130 Å². The molecule has 0 aliphatic rings. The summed E-state index contributed by atoms with van der Waals surface area (Å²) in [5.41, 5.74) is 2.69. The molecule has 106 valence electrons. The minimum Gasteiger partial charge on any atom is -0.324 e. The molecule has 0 unspecified atom stereocenters. The molecule has 0 aliphatic carbocycles. The van der Waals surface area contributed by atoms with Crippen molar-refractivity contribution in [2.45, 2.75) is 6.92 Å². The van der Waals surface area contributed by atoms with Crippen LogP contribution in [0.2, 0.25) is 5.02 Å². The van der Waals surface area contributed by atoms with E-state index >= 15 is 0 Å². The van der Waals surface area contributed by atoms with Crippen molar-refractivity contribution < 1.29 is 0 Å². The summed E-state index contributed by atoms with van der Waals surface area (Å²) in [6, 6.07) is 15.0. The van der Waals surface area contributed by atoms with E-state index in [0.29, 0.717) is 16.7 Å². The SMILES string of the molecule is Cc1ccccc1Nc1nsc(=O)n1-c1cccc(Cl)c1. The third-order valence-corrected chi connectivity index (χ3v) is 3.90. The van der Waals surface area contributed by atoms with Crippen LogP contribution in [0.5, 0.6) is 0 Å². The summed E-state index contributed by atoms with van der Waals surface area (Å²) in [6.45, 7) is 2.00. The molecule has 0 radical (unpaired) electrons. The molecule has 4 nitrogen and oxygen atoms in total. The first-order valence-corrected chi connectivity index (χ1v) is 7.47. The molecular weight excluding hydrogens is 306 g/mol. The van der Waals surface area contributed by atoms with Gasteiger partial charge in [0.1, 0.15) is 0 Å². The van der Waals surface area contributed by atoms with Gasteiger partial charge in [-0.2, -0.15) is 4.37 Å². The van der Waals surface area contributed by atoms with E-state index < -0.39 is 0 Å². The highest BCUT2D eigenvalue weighted by molar-refractivity contribution is 7.03. The third kappa shape index (κ3) is 2.84. The van der Waals surface area contributed by atoms with Gasteiger partial charge in [-0.25, -0.2) is 4.57 Å². The second-order valence-electron chi connectivity index (χ2n) is 4.53. The van der Waals surface area contributed by atoms with E-state index in [4.69, 9.17) is 11.6 Å². The van der Waals surface area contributed by atoms with Crippen LogP contribution in [0, 0.1) is 6.92 Å². The van der Waals surface area contributed by atoms with Crippen LogP contribution in [0.1, 0.15) is 5.56 Å². The summed E-state index contributed by atoms with van der Waals surface area (Å²) < 4.78 is 5.71.